The number of benzene rings is 1. The molecule has 0 bridgehead atoms. The first-order valence-electron chi connectivity index (χ1n) is 6.84. The van der Waals surface area contributed by atoms with Crippen molar-refractivity contribution in [3.05, 3.63) is 54.0 Å². The smallest absolute Gasteiger partial charge is 0.265 e. The van der Waals surface area contributed by atoms with E-state index in [9.17, 15) is 4.79 Å². The minimum absolute atomic E-state index is 0.0389. The molecule has 0 saturated heterocycles. The topological polar surface area (TPSA) is 42.7 Å². The summed E-state index contributed by atoms with van der Waals surface area (Å²) in [5.74, 6) is 1.06. The zero-order valence-corrected chi connectivity index (χ0v) is 12.4. The van der Waals surface area contributed by atoms with E-state index < -0.39 is 0 Å². The van der Waals surface area contributed by atoms with Crippen molar-refractivity contribution in [3.8, 4) is 5.75 Å². The highest BCUT2D eigenvalue weighted by molar-refractivity contribution is 7.80. The molecule has 1 aromatic heterocycles. The zero-order chi connectivity index (χ0) is 14.8. The minimum atomic E-state index is -0.120. The third-order valence-electron chi connectivity index (χ3n) is 3.60. The van der Waals surface area contributed by atoms with Crippen molar-refractivity contribution < 1.29 is 13.9 Å². The normalized spacial score (nSPS) is 17.3. The largest absolute Gasteiger partial charge is 0.461 e. The van der Waals surface area contributed by atoms with Crippen molar-refractivity contribution in [2.75, 3.05) is 6.54 Å². The van der Waals surface area contributed by atoms with Gasteiger partial charge in [-0.15, -0.1) is 0 Å². The fourth-order valence-corrected chi connectivity index (χ4v) is 2.93. The van der Waals surface area contributed by atoms with Crippen LogP contribution in [0.4, 0.5) is 0 Å². The van der Waals surface area contributed by atoms with Crippen LogP contribution in [-0.4, -0.2) is 22.4 Å². The summed E-state index contributed by atoms with van der Waals surface area (Å²) in [6.45, 7) is 2.68. The molecule has 4 nitrogen and oxygen atoms in total. The molecule has 1 unspecified atom stereocenters. The SMILES string of the molecule is CCN1C(=S)Oc2ccccc2C1CC(=O)c1ccco1. The van der Waals surface area contributed by atoms with Gasteiger partial charge in [0.25, 0.3) is 5.17 Å². The summed E-state index contributed by atoms with van der Waals surface area (Å²) in [6.07, 6.45) is 1.81. The van der Waals surface area contributed by atoms with Crippen LogP contribution in [0.1, 0.15) is 35.5 Å². The second-order valence-electron chi connectivity index (χ2n) is 4.81. The number of nitrogens with zero attached hydrogens (tertiary/aromatic N) is 1. The van der Waals surface area contributed by atoms with Gasteiger partial charge in [-0.1, -0.05) is 18.2 Å². The molecule has 0 aliphatic carbocycles. The molecule has 1 aliphatic heterocycles. The molecule has 1 aromatic carbocycles. The molecule has 2 heterocycles. The van der Waals surface area contributed by atoms with Crippen LogP contribution in [0.2, 0.25) is 0 Å². The second kappa shape index (κ2) is 5.69. The fraction of sp³-hybridized carbons (Fsp3) is 0.250. The monoisotopic (exact) mass is 301 g/mol. The summed E-state index contributed by atoms with van der Waals surface area (Å²) >= 11 is 5.30. The molecule has 1 aliphatic rings. The summed E-state index contributed by atoms with van der Waals surface area (Å²) in [4.78, 5) is 14.3. The molecule has 0 fully saturated rings. The molecule has 0 amide bonds. The molecular formula is C16H15NO3S. The molecule has 5 heteroatoms. The molecule has 1 atom stereocenters. The van der Waals surface area contributed by atoms with Crippen molar-refractivity contribution >= 4 is 23.2 Å². The third-order valence-corrected chi connectivity index (χ3v) is 3.92. The maximum absolute atomic E-state index is 12.3. The average molecular weight is 301 g/mol. The molecule has 3 rings (SSSR count). The molecule has 0 radical (unpaired) electrons. The van der Waals surface area contributed by atoms with Crippen LogP contribution in [-0.2, 0) is 0 Å². The van der Waals surface area contributed by atoms with E-state index in [2.05, 4.69) is 0 Å². The Bertz CT molecular complexity index is 666. The van der Waals surface area contributed by atoms with E-state index >= 15 is 0 Å². The predicted octanol–water partition coefficient (Wildman–Crippen LogP) is 3.59. The van der Waals surface area contributed by atoms with Gasteiger partial charge >= 0.3 is 0 Å². The number of carbonyl (C=O) groups is 1. The van der Waals surface area contributed by atoms with Crippen molar-refractivity contribution in [1.29, 1.82) is 0 Å². The van der Waals surface area contributed by atoms with Crippen LogP contribution in [0.5, 0.6) is 5.75 Å². The van der Waals surface area contributed by atoms with E-state index in [1.807, 2.05) is 36.1 Å². The molecule has 0 saturated carbocycles. The molecule has 108 valence electrons. The van der Waals surface area contributed by atoms with Gasteiger partial charge in [0, 0.05) is 18.5 Å². The molecule has 0 N–H and O–H groups in total. The summed E-state index contributed by atoms with van der Waals surface area (Å²) in [5, 5.41) is 0.411. The first kappa shape index (κ1) is 13.8. The lowest BCUT2D eigenvalue weighted by atomic mass is 9.97. The second-order valence-corrected chi connectivity index (χ2v) is 5.16. The number of furan rings is 1. The Kier molecular flexibility index (Phi) is 3.75. The number of ketones is 1. The van der Waals surface area contributed by atoms with Gasteiger partial charge < -0.3 is 14.1 Å². The number of rotatable bonds is 4. The molecular weight excluding hydrogens is 286 g/mol. The summed E-state index contributed by atoms with van der Waals surface area (Å²) in [7, 11) is 0. The minimum Gasteiger partial charge on any atom is -0.461 e. The van der Waals surface area contributed by atoms with Gasteiger partial charge in [-0.2, -0.15) is 0 Å². The maximum atomic E-state index is 12.3. The van der Waals surface area contributed by atoms with Crippen LogP contribution in [0.3, 0.4) is 0 Å². The van der Waals surface area contributed by atoms with Crippen molar-refractivity contribution in [2.24, 2.45) is 0 Å². The Hall–Kier alpha value is -2.14. The number of carbonyl (C=O) groups excluding carboxylic acids is 1. The molecule has 21 heavy (non-hydrogen) atoms. The van der Waals surface area contributed by atoms with Gasteiger partial charge in [-0.3, -0.25) is 4.79 Å². The first-order valence-corrected chi connectivity index (χ1v) is 7.25. The molecule has 2 aromatic rings. The molecule has 0 spiro atoms. The van der Waals surface area contributed by atoms with E-state index in [1.165, 1.54) is 6.26 Å². The van der Waals surface area contributed by atoms with Gasteiger partial charge in [0.05, 0.1) is 12.3 Å². The number of fused-ring (bicyclic) bond motifs is 1. The highest BCUT2D eigenvalue weighted by atomic mass is 32.1. The highest BCUT2D eigenvalue weighted by Crippen LogP contribution is 2.37. The fourth-order valence-electron chi connectivity index (χ4n) is 2.58. The van der Waals surface area contributed by atoms with Crippen LogP contribution in [0.15, 0.2) is 47.1 Å². The first-order chi connectivity index (χ1) is 10.2. The van der Waals surface area contributed by atoms with Gasteiger partial charge in [0.1, 0.15) is 5.75 Å². The van der Waals surface area contributed by atoms with Crippen LogP contribution < -0.4 is 4.74 Å². The Morgan fingerprint density at radius 1 is 1.29 bits per heavy atom. The van der Waals surface area contributed by atoms with Gasteiger partial charge in [-0.25, -0.2) is 0 Å². The average Bonchev–Trinajstić information content (AvgIpc) is 3.01. The lowest BCUT2D eigenvalue weighted by molar-refractivity contribution is 0.0914. The Morgan fingerprint density at radius 2 is 2.10 bits per heavy atom. The van der Waals surface area contributed by atoms with Gasteiger partial charge in [0.15, 0.2) is 11.5 Å². The third kappa shape index (κ3) is 2.56. The number of Topliss-reactive ketones (excluding diaryl/α,β-unsaturated/α-hetero) is 1. The number of thiocarbonyl (C=S) groups is 1. The summed E-state index contributed by atoms with van der Waals surface area (Å²) < 4.78 is 10.8. The van der Waals surface area contributed by atoms with Crippen molar-refractivity contribution in [3.63, 3.8) is 0 Å². The predicted molar refractivity (Wildman–Crippen MR) is 82.4 cm³/mol. The quantitative estimate of drug-likeness (QED) is 0.637. The van der Waals surface area contributed by atoms with E-state index in [1.54, 1.807) is 12.1 Å². The van der Waals surface area contributed by atoms with Gasteiger partial charge in [0.2, 0.25) is 0 Å². The van der Waals surface area contributed by atoms with E-state index in [0.29, 0.717) is 23.9 Å². The highest BCUT2D eigenvalue weighted by Gasteiger charge is 2.32. The lowest BCUT2D eigenvalue weighted by Crippen LogP contribution is -2.41. The Morgan fingerprint density at radius 3 is 2.81 bits per heavy atom. The van der Waals surface area contributed by atoms with Gasteiger partial charge in [-0.05, 0) is 37.3 Å². The number of ether oxygens (including phenoxy) is 1. The van der Waals surface area contributed by atoms with Crippen LogP contribution in [0.25, 0.3) is 0 Å². The Balaban J connectivity index is 1.94. The van der Waals surface area contributed by atoms with E-state index in [0.717, 1.165) is 11.3 Å². The van der Waals surface area contributed by atoms with Crippen molar-refractivity contribution in [2.45, 2.75) is 19.4 Å². The maximum Gasteiger partial charge on any atom is 0.265 e. The Labute approximate surface area is 128 Å². The van der Waals surface area contributed by atoms with E-state index in [4.69, 9.17) is 21.4 Å². The van der Waals surface area contributed by atoms with Crippen LogP contribution >= 0.6 is 12.2 Å². The summed E-state index contributed by atoms with van der Waals surface area (Å²) in [5.41, 5.74) is 0.979. The van der Waals surface area contributed by atoms with E-state index in [-0.39, 0.29) is 11.8 Å². The number of hydrogen-bond donors (Lipinski definition) is 0. The zero-order valence-electron chi connectivity index (χ0n) is 11.6. The van der Waals surface area contributed by atoms with Crippen molar-refractivity contribution in [1.82, 2.24) is 4.90 Å². The standard InChI is InChI=1S/C16H15NO3S/c1-2-17-12(10-13(18)15-8-5-9-19-15)11-6-3-4-7-14(11)20-16(17)21/h3-9,12H,2,10H2,1H3. The number of para-hydroxylation sites is 1. The number of hydrogen-bond acceptors (Lipinski definition) is 4. The van der Waals surface area contributed by atoms with Crippen LogP contribution in [0, 0.1) is 0 Å². The summed E-state index contributed by atoms with van der Waals surface area (Å²) in [6, 6.07) is 11.0. The lowest BCUT2D eigenvalue weighted by Gasteiger charge is -2.37.